The Balaban J connectivity index is 1.46. The predicted octanol–water partition coefficient (Wildman–Crippen LogP) is 4.37. The van der Waals surface area contributed by atoms with Crippen molar-refractivity contribution in [1.29, 1.82) is 0 Å². The summed E-state index contributed by atoms with van der Waals surface area (Å²) in [6.07, 6.45) is 5.36. The molecule has 5 nitrogen and oxygen atoms in total. The number of hydrogen-bond donors (Lipinski definition) is 0. The van der Waals surface area contributed by atoms with Gasteiger partial charge in [-0.2, -0.15) is 0 Å². The van der Waals surface area contributed by atoms with E-state index in [-0.39, 0.29) is 23.6 Å². The molecule has 0 bridgehead atoms. The molecule has 3 aliphatic rings. The highest BCUT2D eigenvalue weighted by Crippen LogP contribution is 2.55. The van der Waals surface area contributed by atoms with Crippen LogP contribution in [0, 0.1) is 0 Å². The first-order valence-corrected chi connectivity index (χ1v) is 10.6. The van der Waals surface area contributed by atoms with E-state index < -0.39 is 0 Å². The van der Waals surface area contributed by atoms with Crippen LogP contribution < -0.4 is 9.47 Å². The van der Waals surface area contributed by atoms with Crippen LogP contribution in [0.4, 0.5) is 0 Å². The smallest absolute Gasteiger partial charge is 0.338 e. The molecular formula is C24H24ClNO4. The third-order valence-corrected chi connectivity index (χ3v) is 6.72. The minimum Gasteiger partial charge on any atom is -0.493 e. The molecule has 30 heavy (non-hydrogen) atoms. The van der Waals surface area contributed by atoms with Gasteiger partial charge in [-0.1, -0.05) is 23.7 Å². The first-order chi connectivity index (χ1) is 14.5. The van der Waals surface area contributed by atoms with Crippen molar-refractivity contribution in [2.75, 3.05) is 20.7 Å². The number of carbonyl (C=O) groups is 1. The Morgan fingerprint density at radius 1 is 1.23 bits per heavy atom. The molecule has 0 amide bonds. The second-order valence-corrected chi connectivity index (χ2v) is 8.75. The van der Waals surface area contributed by atoms with Gasteiger partial charge >= 0.3 is 5.97 Å². The molecule has 2 heterocycles. The molecule has 3 atom stereocenters. The number of nitrogens with zero attached hydrogens (tertiary/aromatic N) is 1. The maximum absolute atomic E-state index is 12.6. The van der Waals surface area contributed by atoms with Gasteiger partial charge in [0.05, 0.1) is 18.1 Å². The van der Waals surface area contributed by atoms with Crippen molar-refractivity contribution in [3.05, 3.63) is 70.3 Å². The normalized spacial score (nSPS) is 26.9. The van der Waals surface area contributed by atoms with Gasteiger partial charge in [-0.15, -0.1) is 0 Å². The van der Waals surface area contributed by atoms with Crippen molar-refractivity contribution in [2.45, 2.75) is 37.0 Å². The van der Waals surface area contributed by atoms with Crippen LogP contribution in [0.25, 0.3) is 0 Å². The molecule has 156 valence electrons. The Hall–Kier alpha value is -2.50. The quantitative estimate of drug-likeness (QED) is 0.540. The van der Waals surface area contributed by atoms with E-state index >= 15 is 0 Å². The van der Waals surface area contributed by atoms with Crippen LogP contribution in [-0.2, 0) is 16.7 Å². The summed E-state index contributed by atoms with van der Waals surface area (Å²) in [7, 11) is 3.82. The van der Waals surface area contributed by atoms with Crippen LogP contribution in [-0.4, -0.2) is 43.8 Å². The molecule has 2 aromatic rings. The molecule has 2 aromatic carbocycles. The Morgan fingerprint density at radius 3 is 2.80 bits per heavy atom. The maximum atomic E-state index is 12.6. The average Bonchev–Trinajstić information content (AvgIpc) is 3.00. The van der Waals surface area contributed by atoms with Gasteiger partial charge in [0, 0.05) is 23.6 Å². The Labute approximate surface area is 181 Å². The van der Waals surface area contributed by atoms with Crippen molar-refractivity contribution in [3.8, 4) is 11.5 Å². The largest absolute Gasteiger partial charge is 0.493 e. The van der Waals surface area contributed by atoms with E-state index in [4.69, 9.17) is 25.8 Å². The zero-order valence-corrected chi connectivity index (χ0v) is 17.8. The standard InChI is InChI=1S/C24H24ClNO4/c1-26-12-11-24-10-9-18(29-23(27)15-3-6-17(25)7-4-15)13-20(24)30-22-19(28-2)8-5-16(14-26)21(22)24/h3-10,18,20H,11-14H2,1-2H3/t18?,20-,24-/m0/s1. The molecule has 0 aromatic heterocycles. The monoisotopic (exact) mass is 425 g/mol. The minimum atomic E-state index is -0.355. The number of methoxy groups -OCH3 is 1. The van der Waals surface area contributed by atoms with E-state index in [0.717, 1.165) is 31.0 Å². The molecule has 0 saturated heterocycles. The second-order valence-electron chi connectivity index (χ2n) is 8.31. The van der Waals surface area contributed by atoms with Crippen molar-refractivity contribution in [2.24, 2.45) is 0 Å². The Kier molecular flexibility index (Phi) is 4.75. The number of hydrogen-bond acceptors (Lipinski definition) is 5. The summed E-state index contributed by atoms with van der Waals surface area (Å²) in [6, 6.07) is 10.9. The lowest BCUT2D eigenvalue weighted by molar-refractivity contribution is 0.0218. The highest BCUT2D eigenvalue weighted by atomic mass is 35.5. The van der Waals surface area contributed by atoms with Gasteiger partial charge in [0.2, 0.25) is 0 Å². The number of ether oxygens (including phenoxy) is 3. The van der Waals surface area contributed by atoms with E-state index in [1.165, 1.54) is 11.1 Å². The highest BCUT2D eigenvalue weighted by Gasteiger charge is 2.53. The summed E-state index contributed by atoms with van der Waals surface area (Å²) in [5.41, 5.74) is 2.78. The van der Waals surface area contributed by atoms with Crippen LogP contribution in [0.3, 0.4) is 0 Å². The number of benzene rings is 2. The fourth-order valence-corrected chi connectivity index (χ4v) is 5.07. The van der Waals surface area contributed by atoms with Crippen LogP contribution in [0.15, 0.2) is 48.6 Å². The van der Waals surface area contributed by atoms with Crippen molar-refractivity contribution < 1.29 is 19.0 Å². The number of rotatable bonds is 3. The van der Waals surface area contributed by atoms with Gasteiger partial charge in [-0.3, -0.25) is 0 Å². The van der Waals surface area contributed by atoms with Crippen LogP contribution in [0.2, 0.25) is 5.02 Å². The van der Waals surface area contributed by atoms with Gasteiger partial charge in [0.25, 0.3) is 0 Å². The summed E-state index contributed by atoms with van der Waals surface area (Å²) in [4.78, 5) is 14.9. The summed E-state index contributed by atoms with van der Waals surface area (Å²) in [6.45, 7) is 1.85. The summed E-state index contributed by atoms with van der Waals surface area (Å²) < 4.78 is 17.8. The molecule has 0 fully saturated rings. The number of esters is 1. The SMILES string of the molecule is COc1ccc2c3c1O[C@H]1CC(OC(=O)c4ccc(Cl)cc4)C=C[C@@]31CCN(C)C2. The molecule has 1 unspecified atom stereocenters. The molecule has 1 spiro atoms. The fraction of sp³-hybridized carbons (Fsp3) is 0.375. The fourth-order valence-electron chi connectivity index (χ4n) is 4.94. The first kappa shape index (κ1) is 19.5. The van der Waals surface area contributed by atoms with E-state index in [1.54, 1.807) is 31.4 Å². The average molecular weight is 426 g/mol. The lowest BCUT2D eigenvalue weighted by Gasteiger charge is -2.36. The molecular weight excluding hydrogens is 402 g/mol. The third kappa shape index (κ3) is 3.08. The maximum Gasteiger partial charge on any atom is 0.338 e. The van der Waals surface area contributed by atoms with Gasteiger partial charge in [0.15, 0.2) is 11.5 Å². The third-order valence-electron chi connectivity index (χ3n) is 6.47. The van der Waals surface area contributed by atoms with Crippen LogP contribution in [0.5, 0.6) is 11.5 Å². The van der Waals surface area contributed by atoms with Gasteiger partial charge in [0.1, 0.15) is 12.2 Å². The molecule has 1 aliphatic carbocycles. The molecule has 6 heteroatoms. The molecule has 0 radical (unpaired) electrons. The van der Waals surface area contributed by atoms with E-state index in [0.29, 0.717) is 17.0 Å². The molecule has 5 rings (SSSR count). The van der Waals surface area contributed by atoms with Gasteiger partial charge in [-0.05, 0) is 62.0 Å². The topological polar surface area (TPSA) is 48.0 Å². The van der Waals surface area contributed by atoms with Crippen molar-refractivity contribution in [1.82, 2.24) is 4.90 Å². The van der Waals surface area contributed by atoms with Crippen LogP contribution in [0.1, 0.15) is 34.3 Å². The minimum absolute atomic E-state index is 0.0953. The predicted molar refractivity (Wildman–Crippen MR) is 114 cm³/mol. The first-order valence-electron chi connectivity index (χ1n) is 10.2. The van der Waals surface area contributed by atoms with Gasteiger partial charge < -0.3 is 19.1 Å². The number of halogens is 1. The lowest BCUT2D eigenvalue weighted by Crippen LogP contribution is -2.43. The van der Waals surface area contributed by atoms with Crippen LogP contribution >= 0.6 is 11.6 Å². The second kappa shape index (κ2) is 7.33. The molecule has 0 saturated carbocycles. The Morgan fingerprint density at radius 2 is 2.03 bits per heavy atom. The Bertz CT molecular complexity index is 1020. The zero-order valence-electron chi connectivity index (χ0n) is 17.1. The van der Waals surface area contributed by atoms with Crippen molar-refractivity contribution in [3.63, 3.8) is 0 Å². The van der Waals surface area contributed by atoms with E-state index in [9.17, 15) is 4.79 Å². The van der Waals surface area contributed by atoms with Crippen molar-refractivity contribution >= 4 is 17.6 Å². The number of carbonyl (C=O) groups excluding carboxylic acids is 1. The zero-order chi connectivity index (χ0) is 20.9. The van der Waals surface area contributed by atoms with E-state index in [1.807, 2.05) is 12.1 Å². The lowest BCUT2D eigenvalue weighted by atomic mass is 9.69. The van der Waals surface area contributed by atoms with Gasteiger partial charge in [-0.25, -0.2) is 4.79 Å². The van der Waals surface area contributed by atoms with E-state index in [2.05, 4.69) is 24.1 Å². The summed E-state index contributed by atoms with van der Waals surface area (Å²) >= 11 is 5.92. The molecule has 0 N–H and O–H groups in total. The summed E-state index contributed by atoms with van der Waals surface area (Å²) in [5, 5.41) is 0.589. The highest BCUT2D eigenvalue weighted by molar-refractivity contribution is 6.30. The summed E-state index contributed by atoms with van der Waals surface area (Å²) in [5.74, 6) is 1.24. The molecule has 2 aliphatic heterocycles.